The molecule has 2 saturated heterocycles. The second-order valence-corrected chi connectivity index (χ2v) is 8.11. The van der Waals surface area contributed by atoms with Crippen LogP contribution in [0, 0.1) is 5.92 Å². The van der Waals surface area contributed by atoms with E-state index in [-0.39, 0.29) is 12.5 Å². The minimum atomic E-state index is -0.0170. The molecule has 4 rings (SSSR count). The Kier molecular flexibility index (Phi) is 6.27. The van der Waals surface area contributed by atoms with Gasteiger partial charge in [0.25, 0.3) is 5.91 Å². The van der Waals surface area contributed by atoms with Crippen LogP contribution in [-0.2, 0) is 11.3 Å². The molecule has 0 aromatic heterocycles. The molecule has 0 spiro atoms. The number of para-hydroxylation sites is 1. The summed E-state index contributed by atoms with van der Waals surface area (Å²) in [6.07, 6.45) is 3.73. The van der Waals surface area contributed by atoms with Crippen molar-refractivity contribution in [3.63, 3.8) is 0 Å². The largest absolute Gasteiger partial charge is 0.483 e. The molecule has 1 aliphatic carbocycles. The van der Waals surface area contributed by atoms with Crippen molar-refractivity contribution in [1.29, 1.82) is 0 Å². The van der Waals surface area contributed by atoms with Crippen molar-refractivity contribution in [3.05, 3.63) is 29.8 Å². The van der Waals surface area contributed by atoms with Crippen molar-refractivity contribution in [2.45, 2.75) is 31.8 Å². The van der Waals surface area contributed by atoms with Crippen LogP contribution >= 0.6 is 0 Å². The molecule has 6 heteroatoms. The summed E-state index contributed by atoms with van der Waals surface area (Å²) in [4.78, 5) is 17.1. The lowest BCUT2D eigenvalue weighted by atomic mass is 10.2. The Balaban J connectivity index is 1.26. The molecule has 1 amide bonds. The Morgan fingerprint density at radius 2 is 1.96 bits per heavy atom. The van der Waals surface area contributed by atoms with Crippen molar-refractivity contribution in [3.8, 4) is 5.75 Å². The van der Waals surface area contributed by atoms with Gasteiger partial charge in [-0.25, -0.2) is 0 Å². The summed E-state index contributed by atoms with van der Waals surface area (Å²) >= 11 is 0. The molecule has 148 valence electrons. The van der Waals surface area contributed by atoms with E-state index in [4.69, 9.17) is 4.74 Å². The van der Waals surface area contributed by atoms with Crippen molar-refractivity contribution in [2.24, 2.45) is 5.92 Å². The lowest BCUT2D eigenvalue weighted by Gasteiger charge is -2.32. The van der Waals surface area contributed by atoms with Gasteiger partial charge in [-0.2, -0.15) is 0 Å². The third-order valence-electron chi connectivity index (χ3n) is 5.93. The minimum Gasteiger partial charge on any atom is -0.483 e. The van der Waals surface area contributed by atoms with Crippen molar-refractivity contribution >= 4 is 5.91 Å². The second kappa shape index (κ2) is 9.04. The van der Waals surface area contributed by atoms with Gasteiger partial charge in [0.05, 0.1) is 0 Å². The van der Waals surface area contributed by atoms with Crippen molar-refractivity contribution in [1.82, 2.24) is 20.4 Å². The highest BCUT2D eigenvalue weighted by Crippen LogP contribution is 2.27. The lowest BCUT2D eigenvalue weighted by molar-refractivity contribution is -0.123. The number of likely N-dealkylation sites (tertiary alicyclic amines) is 1. The van der Waals surface area contributed by atoms with Gasteiger partial charge in [-0.3, -0.25) is 14.6 Å². The Morgan fingerprint density at radius 1 is 1.15 bits per heavy atom. The van der Waals surface area contributed by atoms with E-state index in [1.165, 1.54) is 24.8 Å². The van der Waals surface area contributed by atoms with Gasteiger partial charge < -0.3 is 15.4 Å². The molecule has 3 aliphatic rings. The molecular weight excluding hydrogens is 340 g/mol. The van der Waals surface area contributed by atoms with E-state index < -0.39 is 0 Å². The maximum absolute atomic E-state index is 12.0. The van der Waals surface area contributed by atoms with Crippen LogP contribution in [0.4, 0.5) is 0 Å². The van der Waals surface area contributed by atoms with E-state index >= 15 is 0 Å². The summed E-state index contributed by atoms with van der Waals surface area (Å²) < 4.78 is 5.85. The van der Waals surface area contributed by atoms with Crippen LogP contribution in [0.15, 0.2) is 24.3 Å². The fraction of sp³-hybridized carbons (Fsp3) is 0.667. The standard InChI is InChI=1S/C21H32N4O2/c26-21(23-13-17-5-6-17)16-27-20-4-2-1-3-18(20)14-24-10-7-19(15-24)25-11-8-22-9-12-25/h1-4,17,19,22H,5-16H2,(H,23,26). The first kappa shape index (κ1) is 18.7. The number of benzene rings is 1. The zero-order chi connectivity index (χ0) is 18.5. The van der Waals surface area contributed by atoms with Crippen LogP contribution in [0.5, 0.6) is 5.75 Å². The zero-order valence-corrected chi connectivity index (χ0v) is 16.2. The molecule has 1 unspecified atom stereocenters. The number of hydrogen-bond donors (Lipinski definition) is 2. The SMILES string of the molecule is O=C(COc1ccccc1CN1CCC(N2CCNCC2)C1)NCC1CC1. The maximum atomic E-state index is 12.0. The second-order valence-electron chi connectivity index (χ2n) is 8.11. The quantitative estimate of drug-likeness (QED) is 0.715. The number of piperazine rings is 1. The Labute approximate surface area is 162 Å². The highest BCUT2D eigenvalue weighted by atomic mass is 16.5. The van der Waals surface area contributed by atoms with Gasteiger partial charge in [-0.05, 0) is 31.2 Å². The van der Waals surface area contributed by atoms with Crippen LogP contribution < -0.4 is 15.4 Å². The van der Waals surface area contributed by atoms with Crippen molar-refractivity contribution < 1.29 is 9.53 Å². The molecule has 1 aromatic rings. The first-order valence-electron chi connectivity index (χ1n) is 10.4. The van der Waals surface area contributed by atoms with E-state index in [0.29, 0.717) is 12.0 Å². The number of nitrogens with one attached hydrogen (secondary N) is 2. The number of carbonyl (C=O) groups excluding carboxylic acids is 1. The molecule has 1 aromatic carbocycles. The van der Waals surface area contributed by atoms with Gasteiger partial charge in [0.1, 0.15) is 5.75 Å². The van der Waals surface area contributed by atoms with Crippen LogP contribution in [0.2, 0.25) is 0 Å². The monoisotopic (exact) mass is 372 g/mol. The Morgan fingerprint density at radius 3 is 2.78 bits per heavy atom. The maximum Gasteiger partial charge on any atom is 0.257 e. The summed E-state index contributed by atoms with van der Waals surface area (Å²) in [7, 11) is 0. The van der Waals surface area contributed by atoms with Crippen LogP contribution in [0.3, 0.4) is 0 Å². The molecule has 6 nitrogen and oxygen atoms in total. The van der Waals surface area contributed by atoms with Gasteiger partial charge in [0.15, 0.2) is 6.61 Å². The summed E-state index contributed by atoms with van der Waals surface area (Å²) in [6.45, 7) is 8.58. The van der Waals surface area contributed by atoms with E-state index in [1.807, 2.05) is 12.1 Å². The third-order valence-corrected chi connectivity index (χ3v) is 5.93. The fourth-order valence-electron chi connectivity index (χ4n) is 4.09. The highest BCUT2D eigenvalue weighted by Gasteiger charge is 2.28. The van der Waals surface area contributed by atoms with E-state index in [1.54, 1.807) is 0 Å². The summed E-state index contributed by atoms with van der Waals surface area (Å²) in [6, 6.07) is 8.81. The molecule has 0 bridgehead atoms. The molecule has 0 radical (unpaired) electrons. The molecular formula is C21H32N4O2. The number of ether oxygens (including phenoxy) is 1. The Hall–Kier alpha value is -1.63. The van der Waals surface area contributed by atoms with Crippen LogP contribution in [-0.4, -0.2) is 74.2 Å². The summed E-state index contributed by atoms with van der Waals surface area (Å²) in [5.41, 5.74) is 1.17. The average molecular weight is 373 g/mol. The van der Waals surface area contributed by atoms with Crippen molar-refractivity contribution in [2.75, 3.05) is 52.4 Å². The molecule has 1 atom stereocenters. The minimum absolute atomic E-state index is 0.0170. The average Bonchev–Trinajstić information content (AvgIpc) is 3.43. The molecule has 2 aliphatic heterocycles. The summed E-state index contributed by atoms with van der Waals surface area (Å²) in [5, 5.41) is 6.40. The lowest BCUT2D eigenvalue weighted by Crippen LogP contribution is -2.49. The number of nitrogens with zero attached hydrogens (tertiary/aromatic N) is 2. The van der Waals surface area contributed by atoms with Gasteiger partial charge in [0.2, 0.25) is 0 Å². The predicted octanol–water partition coefficient (Wildman–Crippen LogP) is 1.07. The molecule has 2 heterocycles. The molecule has 3 fully saturated rings. The summed E-state index contributed by atoms with van der Waals surface area (Å²) in [5.74, 6) is 1.52. The number of hydrogen-bond acceptors (Lipinski definition) is 5. The van der Waals surface area contributed by atoms with E-state index in [0.717, 1.165) is 58.1 Å². The van der Waals surface area contributed by atoms with Crippen LogP contribution in [0.25, 0.3) is 0 Å². The van der Waals surface area contributed by atoms with Crippen LogP contribution in [0.1, 0.15) is 24.8 Å². The molecule has 27 heavy (non-hydrogen) atoms. The fourth-order valence-corrected chi connectivity index (χ4v) is 4.09. The first-order valence-corrected chi connectivity index (χ1v) is 10.4. The van der Waals surface area contributed by atoms with Gasteiger partial charge in [0, 0.05) is 64.0 Å². The van der Waals surface area contributed by atoms with E-state index in [2.05, 4.69) is 32.6 Å². The van der Waals surface area contributed by atoms with Gasteiger partial charge >= 0.3 is 0 Å². The number of rotatable bonds is 8. The molecule has 1 saturated carbocycles. The topological polar surface area (TPSA) is 56.8 Å². The first-order chi connectivity index (χ1) is 13.3. The molecule has 2 N–H and O–H groups in total. The normalized spacial score (nSPS) is 24.1. The predicted molar refractivity (Wildman–Crippen MR) is 106 cm³/mol. The number of carbonyl (C=O) groups is 1. The van der Waals surface area contributed by atoms with E-state index in [9.17, 15) is 4.79 Å². The van der Waals surface area contributed by atoms with Gasteiger partial charge in [-0.1, -0.05) is 18.2 Å². The number of amides is 1. The Bertz CT molecular complexity index is 628. The van der Waals surface area contributed by atoms with Gasteiger partial charge in [-0.15, -0.1) is 0 Å². The zero-order valence-electron chi connectivity index (χ0n) is 16.2. The smallest absolute Gasteiger partial charge is 0.257 e. The third kappa shape index (κ3) is 5.43. The highest BCUT2D eigenvalue weighted by molar-refractivity contribution is 5.77.